The van der Waals surface area contributed by atoms with Crippen LogP contribution < -0.4 is 15.8 Å². The van der Waals surface area contributed by atoms with Gasteiger partial charge in [0.2, 0.25) is 0 Å². The number of H-pyrrole nitrogens is 1. The lowest BCUT2D eigenvalue weighted by Crippen LogP contribution is -2.44. The lowest BCUT2D eigenvalue weighted by Gasteiger charge is -2.33. The summed E-state index contributed by atoms with van der Waals surface area (Å²) in [7, 11) is 2.14. The Morgan fingerprint density at radius 2 is 1.88 bits per heavy atom. The molecule has 8 nitrogen and oxygen atoms in total. The Morgan fingerprint density at radius 3 is 2.50 bits per heavy atom. The maximum absolute atomic E-state index is 13.7. The van der Waals surface area contributed by atoms with Crippen molar-refractivity contribution in [3.8, 4) is 11.1 Å². The third kappa shape index (κ3) is 5.31. The fraction of sp³-hybridized carbons (Fsp3) is 0.344. The number of aryl methyl sites for hydroxylation is 2. The number of aromatic nitrogens is 3. The number of likely N-dealkylation sites (N-methyl/N-ethyl adjacent to an activating group) is 1. The third-order valence-electron chi connectivity index (χ3n) is 7.81. The fourth-order valence-corrected chi connectivity index (χ4v) is 5.49. The summed E-state index contributed by atoms with van der Waals surface area (Å²) >= 11 is 0. The molecule has 208 valence electrons. The molecule has 5 rings (SSSR count). The maximum Gasteiger partial charge on any atom is 0.253 e. The van der Waals surface area contributed by atoms with Crippen molar-refractivity contribution >= 4 is 28.7 Å². The molecule has 1 amide bonds. The smallest absolute Gasteiger partial charge is 0.253 e. The van der Waals surface area contributed by atoms with Gasteiger partial charge in [0, 0.05) is 84.5 Å². The van der Waals surface area contributed by atoms with Crippen LogP contribution in [0.3, 0.4) is 0 Å². The number of nitrogens with zero attached hydrogens (tertiary/aromatic N) is 4. The lowest BCUT2D eigenvalue weighted by molar-refractivity contribution is 0.0952. The number of nitrogens with one attached hydrogen (secondary N) is 2. The normalized spacial score (nSPS) is 14.2. The van der Waals surface area contributed by atoms with Crippen LogP contribution in [0.4, 0.5) is 5.82 Å². The number of fused-ring (bicyclic) bond motifs is 1. The Bertz CT molecular complexity index is 1620. The van der Waals surface area contributed by atoms with Gasteiger partial charge in [-0.05, 0) is 76.2 Å². The number of hydrogen-bond donors (Lipinski definition) is 2. The van der Waals surface area contributed by atoms with Crippen LogP contribution >= 0.6 is 0 Å². The van der Waals surface area contributed by atoms with Crippen LogP contribution in [0.25, 0.3) is 28.1 Å². The van der Waals surface area contributed by atoms with Crippen molar-refractivity contribution in [2.75, 3.05) is 38.1 Å². The molecule has 0 bridgehead atoms. The SMILES string of the molecule is C=Cc1cn(C(C)C)c2cc(-c3ccc(N4CCN(C)CC4)nc3)cc(C(=O)NCc3c(C)cc(C)[nH]c3=O)c12. The highest BCUT2D eigenvalue weighted by Crippen LogP contribution is 2.34. The summed E-state index contributed by atoms with van der Waals surface area (Å²) in [5, 5.41) is 3.85. The Kier molecular flexibility index (Phi) is 7.63. The fourth-order valence-electron chi connectivity index (χ4n) is 5.49. The number of benzene rings is 1. The third-order valence-corrected chi connectivity index (χ3v) is 7.81. The van der Waals surface area contributed by atoms with Crippen molar-refractivity contribution in [3.63, 3.8) is 0 Å². The zero-order valence-electron chi connectivity index (χ0n) is 24.0. The highest BCUT2D eigenvalue weighted by molar-refractivity contribution is 6.11. The maximum atomic E-state index is 13.7. The molecule has 0 aliphatic carbocycles. The van der Waals surface area contributed by atoms with E-state index in [2.05, 4.69) is 70.3 Å². The summed E-state index contributed by atoms with van der Waals surface area (Å²) in [4.78, 5) is 38.6. The van der Waals surface area contributed by atoms with Gasteiger partial charge in [-0.15, -0.1) is 0 Å². The molecule has 0 radical (unpaired) electrons. The van der Waals surface area contributed by atoms with Crippen molar-refractivity contribution < 1.29 is 4.79 Å². The molecular weight excluding hydrogens is 500 g/mol. The van der Waals surface area contributed by atoms with Gasteiger partial charge in [0.15, 0.2) is 0 Å². The zero-order valence-corrected chi connectivity index (χ0v) is 24.0. The van der Waals surface area contributed by atoms with Crippen LogP contribution in [0.2, 0.25) is 0 Å². The van der Waals surface area contributed by atoms with E-state index in [0.29, 0.717) is 11.1 Å². The first-order valence-corrected chi connectivity index (χ1v) is 13.8. The lowest BCUT2D eigenvalue weighted by atomic mass is 9.98. The summed E-state index contributed by atoms with van der Waals surface area (Å²) in [6.45, 7) is 16.1. The predicted octanol–water partition coefficient (Wildman–Crippen LogP) is 4.91. The Labute approximate surface area is 235 Å². The van der Waals surface area contributed by atoms with Gasteiger partial charge in [0.1, 0.15) is 5.82 Å². The van der Waals surface area contributed by atoms with Gasteiger partial charge >= 0.3 is 0 Å². The van der Waals surface area contributed by atoms with E-state index in [-0.39, 0.29) is 24.1 Å². The van der Waals surface area contributed by atoms with Crippen LogP contribution in [-0.2, 0) is 6.54 Å². The minimum Gasteiger partial charge on any atom is -0.354 e. The monoisotopic (exact) mass is 538 g/mol. The molecule has 1 aliphatic heterocycles. The second-order valence-electron chi connectivity index (χ2n) is 11.0. The molecule has 1 saturated heterocycles. The van der Waals surface area contributed by atoms with Gasteiger partial charge in [-0.1, -0.05) is 12.7 Å². The highest BCUT2D eigenvalue weighted by Gasteiger charge is 2.21. The number of amides is 1. The van der Waals surface area contributed by atoms with Crippen molar-refractivity contribution in [1.29, 1.82) is 0 Å². The molecule has 8 heteroatoms. The topological polar surface area (TPSA) is 86.3 Å². The number of anilines is 1. The molecule has 4 heterocycles. The number of carbonyl (C=O) groups excluding carboxylic acids is 1. The molecule has 40 heavy (non-hydrogen) atoms. The Morgan fingerprint density at radius 1 is 1.12 bits per heavy atom. The van der Waals surface area contributed by atoms with E-state index < -0.39 is 0 Å². The number of carbonyl (C=O) groups is 1. The number of rotatable bonds is 7. The second kappa shape index (κ2) is 11.1. The molecule has 3 aromatic heterocycles. The van der Waals surface area contributed by atoms with Gasteiger partial charge in [-0.25, -0.2) is 4.98 Å². The van der Waals surface area contributed by atoms with Crippen LogP contribution in [0.5, 0.6) is 0 Å². The molecule has 1 aliphatic rings. The van der Waals surface area contributed by atoms with E-state index in [1.54, 1.807) is 6.08 Å². The minimum atomic E-state index is -0.238. The molecule has 0 atom stereocenters. The molecule has 0 saturated carbocycles. The quantitative estimate of drug-likeness (QED) is 0.349. The van der Waals surface area contributed by atoms with E-state index in [4.69, 9.17) is 4.98 Å². The molecule has 0 spiro atoms. The van der Waals surface area contributed by atoms with E-state index in [1.807, 2.05) is 38.4 Å². The highest BCUT2D eigenvalue weighted by atomic mass is 16.1. The zero-order chi connectivity index (χ0) is 28.6. The molecule has 0 unspecified atom stereocenters. The first-order valence-electron chi connectivity index (χ1n) is 13.8. The standard InChI is InChI=1S/C32H38N6O2/c1-7-23-19-38(20(2)3)28-16-25(24-8-9-29(33-17-24)37-12-10-36(6)11-13-37)15-26(30(23)28)31(39)34-18-27-21(4)14-22(5)35-32(27)40/h7-9,14-17,19-20H,1,10-13,18H2,2-6H3,(H,34,39)(H,35,40). The Balaban J connectivity index is 1.54. The van der Waals surface area contributed by atoms with Crippen molar-refractivity contribution in [3.05, 3.63) is 87.6 Å². The Hall–Kier alpha value is -4.17. The van der Waals surface area contributed by atoms with Gasteiger partial charge in [-0.2, -0.15) is 0 Å². The van der Waals surface area contributed by atoms with E-state index in [9.17, 15) is 9.59 Å². The van der Waals surface area contributed by atoms with Crippen molar-refractivity contribution in [2.45, 2.75) is 40.3 Å². The van der Waals surface area contributed by atoms with Crippen LogP contribution in [-0.4, -0.2) is 58.6 Å². The largest absolute Gasteiger partial charge is 0.354 e. The van der Waals surface area contributed by atoms with Gasteiger partial charge in [0.05, 0.1) is 5.52 Å². The predicted molar refractivity (Wildman–Crippen MR) is 163 cm³/mol. The average Bonchev–Trinajstić information content (AvgIpc) is 3.31. The van der Waals surface area contributed by atoms with E-state index >= 15 is 0 Å². The van der Waals surface area contributed by atoms with Crippen molar-refractivity contribution in [2.24, 2.45) is 0 Å². The van der Waals surface area contributed by atoms with Gasteiger partial charge < -0.3 is 24.7 Å². The van der Waals surface area contributed by atoms with Crippen LogP contribution in [0.15, 0.2) is 54.1 Å². The number of aromatic amines is 1. The van der Waals surface area contributed by atoms with Crippen molar-refractivity contribution in [1.82, 2.24) is 24.8 Å². The molecule has 2 N–H and O–H groups in total. The van der Waals surface area contributed by atoms with Gasteiger partial charge in [-0.3, -0.25) is 9.59 Å². The molecule has 1 fully saturated rings. The second-order valence-corrected chi connectivity index (χ2v) is 11.0. The first-order chi connectivity index (χ1) is 19.2. The molecule has 1 aromatic carbocycles. The summed E-state index contributed by atoms with van der Waals surface area (Å²) in [5.74, 6) is 0.729. The summed E-state index contributed by atoms with van der Waals surface area (Å²) in [6, 6.07) is 10.3. The molecule has 4 aromatic rings. The van der Waals surface area contributed by atoms with Gasteiger partial charge in [0.25, 0.3) is 11.5 Å². The van der Waals surface area contributed by atoms with E-state index in [0.717, 1.165) is 70.8 Å². The summed E-state index contributed by atoms with van der Waals surface area (Å²) in [6.07, 6.45) is 5.73. The van der Waals surface area contributed by atoms with Crippen LogP contribution in [0.1, 0.15) is 52.6 Å². The minimum absolute atomic E-state index is 0.140. The molecular formula is C32H38N6O2. The average molecular weight is 539 g/mol. The first kappa shape index (κ1) is 27.4. The number of hydrogen-bond acceptors (Lipinski definition) is 5. The summed E-state index contributed by atoms with van der Waals surface area (Å²) < 4.78 is 2.17. The van der Waals surface area contributed by atoms with E-state index in [1.165, 1.54) is 0 Å². The summed E-state index contributed by atoms with van der Waals surface area (Å²) in [5.41, 5.74) is 6.28. The number of pyridine rings is 2. The number of piperazine rings is 1. The van der Waals surface area contributed by atoms with Crippen LogP contribution in [0, 0.1) is 13.8 Å².